The van der Waals surface area contributed by atoms with E-state index >= 15 is 0 Å². The number of hydrogen-bond acceptors (Lipinski definition) is 8. The van der Waals surface area contributed by atoms with E-state index in [1.165, 1.54) is 6.26 Å². The van der Waals surface area contributed by atoms with Crippen molar-refractivity contribution in [3.8, 4) is 0 Å². The third-order valence-corrected chi connectivity index (χ3v) is 2.12. The van der Waals surface area contributed by atoms with Gasteiger partial charge in [-0.05, 0) is 27.2 Å². The Balaban J connectivity index is -0.000000335. The number of ether oxygens (including phenoxy) is 6. The van der Waals surface area contributed by atoms with Gasteiger partial charge in [0, 0.05) is 13.7 Å². The number of aliphatic hydroxyl groups excluding tert-OH is 1. The Morgan fingerprint density at radius 2 is 1.57 bits per heavy atom. The molecule has 0 aliphatic carbocycles. The molecule has 2 atom stereocenters. The van der Waals surface area contributed by atoms with Crippen LogP contribution in [0.1, 0.15) is 34.1 Å². The van der Waals surface area contributed by atoms with Crippen molar-refractivity contribution in [2.45, 2.75) is 46.5 Å². The first-order chi connectivity index (χ1) is 11.0. The van der Waals surface area contributed by atoms with Crippen molar-refractivity contribution in [1.82, 2.24) is 0 Å². The minimum Gasteiger partial charge on any atom is -0.476 e. The van der Waals surface area contributed by atoms with E-state index in [9.17, 15) is 0 Å². The Morgan fingerprint density at radius 3 is 2.00 bits per heavy atom. The summed E-state index contributed by atoms with van der Waals surface area (Å²) >= 11 is 0. The van der Waals surface area contributed by atoms with E-state index < -0.39 is 6.79 Å². The van der Waals surface area contributed by atoms with Gasteiger partial charge in [0.1, 0.15) is 20.4 Å². The van der Waals surface area contributed by atoms with Crippen LogP contribution in [0.3, 0.4) is 0 Å². The highest BCUT2D eigenvalue weighted by Crippen LogP contribution is 1.98. The topological polar surface area (TPSA) is 95.8 Å². The Hall–Kier alpha value is -0.740. The summed E-state index contributed by atoms with van der Waals surface area (Å²) in [5, 5.41) is 14.2. The van der Waals surface area contributed by atoms with Crippen molar-refractivity contribution in [3.05, 3.63) is 12.8 Å². The van der Waals surface area contributed by atoms with E-state index in [1.807, 2.05) is 13.8 Å². The summed E-state index contributed by atoms with van der Waals surface area (Å²) in [6.45, 7) is 11.9. The Morgan fingerprint density at radius 1 is 1.00 bits per heavy atom. The SMILES string of the molecule is C=COCOCC.CCC(C)OCOC(C)OCOC.OCO. The van der Waals surface area contributed by atoms with Crippen LogP contribution < -0.4 is 0 Å². The first-order valence-corrected chi connectivity index (χ1v) is 7.39. The molecule has 0 aromatic rings. The highest BCUT2D eigenvalue weighted by atomic mass is 16.8. The molecule has 0 rings (SSSR count). The summed E-state index contributed by atoms with van der Waals surface area (Å²) in [6.07, 6.45) is 2.28. The Kier molecular flexibility index (Phi) is 30.9. The molecule has 0 fully saturated rings. The molecular formula is C15H34O8. The number of aliphatic hydroxyl groups is 2. The second-order valence-electron chi connectivity index (χ2n) is 3.90. The molecule has 2 N–H and O–H groups in total. The van der Waals surface area contributed by atoms with Gasteiger partial charge in [-0.2, -0.15) is 0 Å². The van der Waals surface area contributed by atoms with Gasteiger partial charge in [0.05, 0.1) is 12.4 Å². The average Bonchev–Trinajstić information content (AvgIpc) is 2.54. The fourth-order valence-corrected chi connectivity index (χ4v) is 0.761. The monoisotopic (exact) mass is 342 g/mol. The maximum atomic E-state index is 7.12. The zero-order chi connectivity index (χ0) is 18.3. The molecule has 2 unspecified atom stereocenters. The lowest BCUT2D eigenvalue weighted by atomic mass is 10.3. The van der Waals surface area contributed by atoms with Crippen molar-refractivity contribution in [3.63, 3.8) is 0 Å². The van der Waals surface area contributed by atoms with E-state index in [2.05, 4.69) is 18.2 Å². The molecule has 0 aliphatic heterocycles. The largest absolute Gasteiger partial charge is 0.476 e. The van der Waals surface area contributed by atoms with Gasteiger partial charge in [-0.3, -0.25) is 0 Å². The molecule has 0 bridgehead atoms. The van der Waals surface area contributed by atoms with E-state index in [0.717, 1.165) is 6.42 Å². The van der Waals surface area contributed by atoms with Crippen molar-refractivity contribution >= 4 is 0 Å². The molecule has 8 heteroatoms. The van der Waals surface area contributed by atoms with Crippen LogP contribution in [0.25, 0.3) is 0 Å². The fourth-order valence-electron chi connectivity index (χ4n) is 0.761. The van der Waals surface area contributed by atoms with E-state index in [-0.39, 0.29) is 26.0 Å². The van der Waals surface area contributed by atoms with E-state index in [1.54, 1.807) is 14.0 Å². The summed E-state index contributed by atoms with van der Waals surface area (Å²) in [4.78, 5) is 0. The molecule has 0 radical (unpaired) electrons. The summed E-state index contributed by atoms with van der Waals surface area (Å²) < 4.78 is 29.7. The lowest BCUT2D eigenvalue weighted by Crippen LogP contribution is -2.18. The van der Waals surface area contributed by atoms with Crippen LogP contribution in [0.15, 0.2) is 12.8 Å². The van der Waals surface area contributed by atoms with Crippen LogP contribution in [0, 0.1) is 0 Å². The molecule has 0 aromatic carbocycles. The van der Waals surface area contributed by atoms with Crippen molar-refractivity contribution in [2.75, 3.05) is 40.9 Å². The van der Waals surface area contributed by atoms with Crippen LogP contribution in [0.4, 0.5) is 0 Å². The van der Waals surface area contributed by atoms with Crippen LogP contribution in [0.5, 0.6) is 0 Å². The Labute approximate surface area is 139 Å². The first-order valence-electron chi connectivity index (χ1n) is 7.39. The van der Waals surface area contributed by atoms with E-state index in [0.29, 0.717) is 13.4 Å². The zero-order valence-corrected chi connectivity index (χ0v) is 15.0. The van der Waals surface area contributed by atoms with E-state index in [4.69, 9.17) is 33.9 Å². The molecule has 0 saturated carbocycles. The zero-order valence-electron chi connectivity index (χ0n) is 15.0. The minimum absolute atomic E-state index is 0.231. The predicted octanol–water partition coefficient (Wildman–Crippen LogP) is 1.81. The Bertz CT molecular complexity index is 204. The summed E-state index contributed by atoms with van der Waals surface area (Å²) in [5.74, 6) is 0. The fraction of sp³-hybridized carbons (Fsp3) is 0.867. The molecule has 0 aromatic heterocycles. The van der Waals surface area contributed by atoms with Crippen molar-refractivity contribution in [1.29, 1.82) is 0 Å². The molecule has 0 amide bonds. The maximum Gasteiger partial charge on any atom is 0.188 e. The first kappa shape index (κ1) is 27.1. The van der Waals surface area contributed by atoms with Gasteiger partial charge in [-0.15, -0.1) is 0 Å². The van der Waals surface area contributed by atoms with Gasteiger partial charge in [0.2, 0.25) is 0 Å². The van der Waals surface area contributed by atoms with Crippen LogP contribution >= 0.6 is 0 Å². The van der Waals surface area contributed by atoms with Gasteiger partial charge >= 0.3 is 0 Å². The van der Waals surface area contributed by atoms with Gasteiger partial charge in [0.15, 0.2) is 13.1 Å². The van der Waals surface area contributed by atoms with Gasteiger partial charge in [-0.25, -0.2) is 0 Å². The van der Waals surface area contributed by atoms with Crippen LogP contribution in [-0.2, 0) is 28.4 Å². The van der Waals surface area contributed by atoms with Gasteiger partial charge < -0.3 is 38.6 Å². The third kappa shape index (κ3) is 33.9. The van der Waals surface area contributed by atoms with Crippen LogP contribution in [-0.4, -0.2) is 63.5 Å². The minimum atomic E-state index is -0.750. The lowest BCUT2D eigenvalue weighted by Gasteiger charge is -2.15. The number of methoxy groups -OCH3 is 1. The number of hydrogen-bond donors (Lipinski definition) is 2. The van der Waals surface area contributed by atoms with Crippen LogP contribution in [0.2, 0.25) is 0 Å². The number of rotatable bonds is 12. The summed E-state index contributed by atoms with van der Waals surface area (Å²) in [6, 6.07) is 0. The second kappa shape index (κ2) is 26.2. The maximum absolute atomic E-state index is 7.12. The molecular weight excluding hydrogens is 308 g/mol. The molecule has 0 aliphatic rings. The standard InChI is InChI=1S/C9H20O4.C5H10O2.CH4O2/c1-5-8(2)11-7-13-9(3)12-6-10-4;1-3-6-5-7-4-2;2-1-3/h8-9H,5-7H2,1-4H3;3H,1,4-5H2,2H3;2-3H,1H2. The lowest BCUT2D eigenvalue weighted by molar-refractivity contribution is -0.222. The normalized spacial score (nSPS) is 12.1. The molecule has 8 nitrogen and oxygen atoms in total. The highest BCUT2D eigenvalue weighted by Gasteiger charge is 2.03. The summed E-state index contributed by atoms with van der Waals surface area (Å²) in [7, 11) is 1.57. The molecule has 142 valence electrons. The quantitative estimate of drug-likeness (QED) is 0.315. The second-order valence-corrected chi connectivity index (χ2v) is 3.90. The summed E-state index contributed by atoms with van der Waals surface area (Å²) in [5.41, 5.74) is 0. The van der Waals surface area contributed by atoms with Gasteiger partial charge in [0.25, 0.3) is 0 Å². The van der Waals surface area contributed by atoms with Gasteiger partial charge in [-0.1, -0.05) is 13.5 Å². The highest BCUT2D eigenvalue weighted by molar-refractivity contribution is 4.44. The molecule has 0 spiro atoms. The van der Waals surface area contributed by atoms with Crippen molar-refractivity contribution in [2.24, 2.45) is 0 Å². The average molecular weight is 342 g/mol. The smallest absolute Gasteiger partial charge is 0.188 e. The molecule has 23 heavy (non-hydrogen) atoms. The molecule has 0 heterocycles. The molecule has 0 saturated heterocycles. The third-order valence-electron chi connectivity index (χ3n) is 2.12. The predicted molar refractivity (Wildman–Crippen MR) is 86.3 cm³/mol. The van der Waals surface area contributed by atoms with Crippen molar-refractivity contribution < 1.29 is 38.6 Å².